The van der Waals surface area contributed by atoms with Gasteiger partial charge in [-0.1, -0.05) is 93.6 Å². The van der Waals surface area contributed by atoms with Crippen LogP contribution >= 0.6 is 0 Å². The van der Waals surface area contributed by atoms with E-state index in [0.29, 0.717) is 25.2 Å². The van der Waals surface area contributed by atoms with Crippen molar-refractivity contribution in [3.8, 4) is 0 Å². The largest absolute Gasteiger partial charge is 0.413 e. The average Bonchev–Trinajstić information content (AvgIpc) is 3.40. The number of sulfonamides is 1. The summed E-state index contributed by atoms with van der Waals surface area (Å²) in [6, 6.07) is 26.4. The summed E-state index contributed by atoms with van der Waals surface area (Å²) in [4.78, 5) is 18.4. The van der Waals surface area contributed by atoms with Gasteiger partial charge in [-0.05, 0) is 60.3 Å². The third kappa shape index (κ3) is 9.29. The summed E-state index contributed by atoms with van der Waals surface area (Å²) in [6.07, 6.45) is -0.194. The van der Waals surface area contributed by atoms with Crippen LogP contribution in [-0.4, -0.2) is 82.2 Å². The lowest BCUT2D eigenvalue weighted by Crippen LogP contribution is -2.45. The number of aliphatic hydroxyl groups is 1. The zero-order valence-electron chi connectivity index (χ0n) is 28.3. The first-order chi connectivity index (χ1) is 21.6. The van der Waals surface area contributed by atoms with Gasteiger partial charge in [-0.15, -0.1) is 0 Å². The highest BCUT2D eigenvalue weighted by Gasteiger charge is 2.39. The van der Waals surface area contributed by atoms with E-state index in [2.05, 4.69) is 43.5 Å². The first-order valence-electron chi connectivity index (χ1n) is 16.1. The highest BCUT2D eigenvalue weighted by molar-refractivity contribution is 7.92. The Hall–Kier alpha value is -3.02. The van der Waals surface area contributed by atoms with Gasteiger partial charge in [0.2, 0.25) is 15.9 Å². The molecule has 0 radical (unpaired) electrons. The maximum Gasteiger partial charge on any atom is 0.235 e. The normalized spacial score (nSPS) is 17.5. The summed E-state index contributed by atoms with van der Waals surface area (Å²) < 4.78 is 35.7. The lowest BCUT2D eigenvalue weighted by Gasteiger charge is -2.38. The van der Waals surface area contributed by atoms with E-state index in [-0.39, 0.29) is 16.7 Å². The molecule has 46 heavy (non-hydrogen) atoms. The van der Waals surface area contributed by atoms with E-state index in [0.717, 1.165) is 23.2 Å². The minimum Gasteiger partial charge on any atom is -0.413 e. The molecule has 3 aromatic rings. The molecule has 3 unspecified atom stereocenters. The van der Waals surface area contributed by atoms with Crippen LogP contribution in [0, 0.1) is 0 Å². The second kappa shape index (κ2) is 14.8. The molecule has 1 heterocycles. The van der Waals surface area contributed by atoms with Crippen LogP contribution in [0.1, 0.15) is 62.8 Å². The number of nitrogens with one attached hydrogen (secondary N) is 1. The first kappa shape index (κ1) is 35.8. The molecular weight excluding hydrogens is 615 g/mol. The lowest BCUT2D eigenvalue weighted by molar-refractivity contribution is -0.133. The molecule has 0 spiro atoms. The molecule has 4 rings (SSSR count). The second-order valence-corrected chi connectivity index (χ2v) is 20.6. The predicted molar refractivity (Wildman–Crippen MR) is 189 cm³/mol. The Balaban J connectivity index is 1.61. The maximum absolute atomic E-state index is 14.5. The number of amides is 1. The standard InChI is InChI=1S/C36H51N3O5SSi/c1-27(44-46(6,7)36(2,3)4)26-45(42,43)37-31-20-14-19-30(23-31)33(25-39-22-21-32(40)24-39)38(5)35(41)34(28-15-10-8-11-16-28)29-17-12-9-13-18-29/h8-20,23,27,32-34,37,40H,21-22,24-26H2,1-7H3. The van der Waals surface area contributed by atoms with E-state index < -0.39 is 42.5 Å². The van der Waals surface area contributed by atoms with Crippen LogP contribution in [0.15, 0.2) is 84.9 Å². The van der Waals surface area contributed by atoms with Crippen molar-refractivity contribution in [2.45, 2.75) is 76.4 Å². The fourth-order valence-corrected chi connectivity index (χ4v) is 8.67. The fraction of sp³-hybridized carbons (Fsp3) is 0.472. The highest BCUT2D eigenvalue weighted by atomic mass is 32.2. The monoisotopic (exact) mass is 665 g/mol. The fourth-order valence-electron chi connectivity index (χ4n) is 5.85. The van der Waals surface area contributed by atoms with Crippen LogP contribution in [0.25, 0.3) is 0 Å². The Morgan fingerprint density at radius 2 is 1.57 bits per heavy atom. The maximum atomic E-state index is 14.5. The number of nitrogens with zero attached hydrogens (tertiary/aromatic N) is 2. The number of likely N-dealkylation sites (tertiary alicyclic amines) is 1. The van der Waals surface area contributed by atoms with Crippen LogP contribution in [0.5, 0.6) is 0 Å². The number of benzene rings is 3. The molecule has 8 nitrogen and oxygen atoms in total. The Kier molecular flexibility index (Phi) is 11.5. The number of hydrogen-bond acceptors (Lipinski definition) is 6. The van der Waals surface area contributed by atoms with Crippen LogP contribution in [0.3, 0.4) is 0 Å². The van der Waals surface area contributed by atoms with Crippen molar-refractivity contribution in [3.63, 3.8) is 0 Å². The van der Waals surface area contributed by atoms with E-state index in [1.165, 1.54) is 0 Å². The van der Waals surface area contributed by atoms with Gasteiger partial charge in [0.15, 0.2) is 8.32 Å². The van der Waals surface area contributed by atoms with Crippen molar-refractivity contribution in [1.82, 2.24) is 9.80 Å². The minimum absolute atomic E-state index is 0.0311. The van der Waals surface area contributed by atoms with Crippen LogP contribution < -0.4 is 4.72 Å². The first-order valence-corrected chi connectivity index (χ1v) is 20.7. The van der Waals surface area contributed by atoms with Gasteiger partial charge in [0.1, 0.15) is 0 Å². The highest BCUT2D eigenvalue weighted by Crippen LogP contribution is 2.37. The van der Waals surface area contributed by atoms with Crippen molar-refractivity contribution in [2.24, 2.45) is 0 Å². The van der Waals surface area contributed by atoms with Crippen molar-refractivity contribution in [2.75, 3.05) is 37.2 Å². The Morgan fingerprint density at radius 1 is 1.00 bits per heavy atom. The number of carbonyl (C=O) groups is 1. The van der Waals surface area contributed by atoms with Crippen molar-refractivity contribution in [3.05, 3.63) is 102 Å². The molecule has 10 heteroatoms. The molecule has 0 aromatic heterocycles. The molecule has 0 aliphatic carbocycles. The van der Waals surface area contributed by atoms with Gasteiger partial charge in [0.25, 0.3) is 0 Å². The van der Waals surface area contributed by atoms with Crippen LogP contribution in [-0.2, 0) is 19.2 Å². The molecule has 0 saturated carbocycles. The molecule has 1 amide bonds. The van der Waals surface area contributed by atoms with Gasteiger partial charge < -0.3 is 14.4 Å². The number of aliphatic hydroxyl groups excluding tert-OH is 1. The summed E-state index contributed by atoms with van der Waals surface area (Å²) in [5.41, 5.74) is 3.04. The average molecular weight is 666 g/mol. The zero-order valence-corrected chi connectivity index (χ0v) is 30.1. The summed E-state index contributed by atoms with van der Waals surface area (Å²) in [5, 5.41) is 10.2. The number of likely N-dealkylation sites (N-methyl/N-ethyl adjacent to an activating group) is 1. The van der Waals surface area contributed by atoms with Crippen LogP contribution in [0.2, 0.25) is 18.1 Å². The molecule has 3 aromatic carbocycles. The molecule has 1 fully saturated rings. The number of hydrogen-bond donors (Lipinski definition) is 2. The third-order valence-corrected chi connectivity index (χ3v) is 15.4. The number of carbonyl (C=O) groups excluding carboxylic acids is 1. The lowest BCUT2D eigenvalue weighted by atomic mass is 9.89. The number of anilines is 1. The van der Waals surface area contributed by atoms with Crippen molar-refractivity contribution >= 4 is 29.9 Å². The zero-order chi connectivity index (χ0) is 33.7. The molecule has 0 bridgehead atoms. The second-order valence-electron chi connectivity index (χ2n) is 14.1. The van der Waals surface area contributed by atoms with Gasteiger partial charge in [-0.25, -0.2) is 8.42 Å². The summed E-state index contributed by atoms with van der Waals surface area (Å²) in [7, 11) is -4.05. The van der Waals surface area contributed by atoms with E-state index >= 15 is 0 Å². The summed E-state index contributed by atoms with van der Waals surface area (Å²) >= 11 is 0. The molecule has 3 atom stereocenters. The quantitative estimate of drug-likeness (QED) is 0.210. The van der Waals surface area contributed by atoms with E-state index in [1.54, 1.807) is 11.0 Å². The summed E-state index contributed by atoms with van der Waals surface area (Å²) in [5.74, 6) is -0.736. The molecule has 250 valence electrons. The SMILES string of the molecule is CC(CS(=O)(=O)Nc1cccc(C(CN2CCC(O)C2)N(C)C(=O)C(c2ccccc2)c2ccccc2)c1)O[Si](C)(C)C(C)(C)C. The summed E-state index contributed by atoms with van der Waals surface area (Å²) in [6.45, 7) is 14.2. The number of rotatable bonds is 13. The Morgan fingerprint density at radius 3 is 2.09 bits per heavy atom. The minimum atomic E-state index is -3.72. The van der Waals surface area contributed by atoms with Gasteiger partial charge in [0, 0.05) is 32.4 Å². The molecule has 1 aliphatic rings. The van der Waals surface area contributed by atoms with Gasteiger partial charge in [-0.3, -0.25) is 14.4 Å². The molecular formula is C36H51N3O5SSi. The van der Waals surface area contributed by atoms with Crippen molar-refractivity contribution in [1.29, 1.82) is 0 Å². The molecule has 2 N–H and O–H groups in total. The molecule has 1 aliphatic heterocycles. The third-order valence-electron chi connectivity index (χ3n) is 9.31. The number of β-amino-alcohol motifs (C(OH)–C–C–N with tert-alkyl or cyclic N) is 1. The van der Waals surface area contributed by atoms with Crippen molar-refractivity contribution < 1.29 is 22.7 Å². The topological polar surface area (TPSA) is 99.2 Å². The van der Waals surface area contributed by atoms with Gasteiger partial charge >= 0.3 is 0 Å². The predicted octanol–water partition coefficient (Wildman–Crippen LogP) is 6.24. The molecule has 1 saturated heterocycles. The Labute approximate surface area is 277 Å². The smallest absolute Gasteiger partial charge is 0.235 e. The van der Waals surface area contributed by atoms with E-state index in [1.807, 2.05) is 92.8 Å². The van der Waals surface area contributed by atoms with Gasteiger partial charge in [-0.2, -0.15) is 0 Å². The van der Waals surface area contributed by atoms with E-state index in [9.17, 15) is 18.3 Å². The van der Waals surface area contributed by atoms with Gasteiger partial charge in [0.05, 0.1) is 29.9 Å². The Bertz CT molecular complexity index is 1510. The van der Waals surface area contributed by atoms with Crippen LogP contribution in [0.4, 0.5) is 5.69 Å². The van der Waals surface area contributed by atoms with E-state index in [4.69, 9.17) is 4.43 Å².